The second kappa shape index (κ2) is 22.1. The van der Waals surface area contributed by atoms with E-state index in [1.54, 1.807) is 116 Å². The van der Waals surface area contributed by atoms with Crippen molar-refractivity contribution in [3.63, 3.8) is 0 Å². The van der Waals surface area contributed by atoms with Gasteiger partial charge in [0.1, 0.15) is 22.9 Å². The van der Waals surface area contributed by atoms with E-state index in [1.807, 2.05) is 75.0 Å². The first-order chi connectivity index (χ1) is 37.1. The molecule has 410 valence electrons. The molecule has 10 rings (SSSR count). The highest BCUT2D eigenvalue weighted by atomic mass is 79.9. The molecule has 0 atom stereocenters. The summed E-state index contributed by atoms with van der Waals surface area (Å²) in [5.74, 6) is 1.01. The van der Waals surface area contributed by atoms with Crippen LogP contribution in [-0.4, -0.2) is 82.4 Å². The summed E-state index contributed by atoms with van der Waals surface area (Å²) in [5, 5.41) is 26.1. The standard InChI is InChI=1S/C28H26FN7O3.C16H23BN4O3.C10H11BrN4O/c1-28(2,3)18-10-16-13-31-36(27(39)24(16)21(29)12-18)25-20(15-37)19(6-8-30-25)17-11-22(26(38)34(4)14-17)32-23-7-9-35(5)33-23;1-15(2)16(3,4)24-17(23-15)11-9-12(14(22)20(5)10-11)18-13-7-8-21(6)19-13;1-14-6-7(11)5-8(10(14)16)12-9-3-4-15(2)13-9/h6-15H,1-5H3,(H,32,33);7-10H,1-6H3,(H,18,19);3-6H,1-2H3,(H,12,13). The number of halogens is 2. The molecule has 1 saturated heterocycles. The van der Waals surface area contributed by atoms with Crippen molar-refractivity contribution in [2.24, 2.45) is 42.3 Å². The fourth-order valence-corrected chi connectivity index (χ4v) is 8.86. The minimum atomic E-state index is -0.740. The number of aromatic nitrogens is 12. The van der Waals surface area contributed by atoms with Crippen LogP contribution in [0.1, 0.15) is 64.4 Å². The predicted octanol–water partition coefficient (Wildman–Crippen LogP) is 6.66. The van der Waals surface area contributed by atoms with Crippen LogP contribution >= 0.6 is 15.9 Å². The van der Waals surface area contributed by atoms with Crippen LogP contribution in [0.4, 0.5) is 38.9 Å². The van der Waals surface area contributed by atoms with Crippen LogP contribution in [0, 0.1) is 5.82 Å². The number of fused-ring (bicyclic) bond motifs is 1. The Bertz CT molecular complexity index is 4020. The molecule has 1 fully saturated rings. The zero-order valence-corrected chi connectivity index (χ0v) is 47.5. The molecule has 0 unspecified atom stereocenters. The summed E-state index contributed by atoms with van der Waals surface area (Å²) in [6.45, 7) is 13.9. The molecule has 1 aromatic carbocycles. The number of pyridine rings is 4. The van der Waals surface area contributed by atoms with Gasteiger partial charge in [-0.25, -0.2) is 9.37 Å². The molecule has 3 N–H and O–H groups in total. The minimum absolute atomic E-state index is 0.0539. The summed E-state index contributed by atoms with van der Waals surface area (Å²) >= 11 is 3.34. The van der Waals surface area contributed by atoms with Crippen LogP contribution in [0.3, 0.4) is 0 Å². The third-order valence-electron chi connectivity index (χ3n) is 13.3. The predicted molar refractivity (Wildman–Crippen MR) is 306 cm³/mol. The van der Waals surface area contributed by atoms with Gasteiger partial charge in [-0.3, -0.25) is 38.0 Å². The molecular weight excluding hydrogens is 1080 g/mol. The third-order valence-corrected chi connectivity index (χ3v) is 13.7. The Kier molecular flexibility index (Phi) is 15.8. The van der Waals surface area contributed by atoms with E-state index in [4.69, 9.17) is 9.31 Å². The van der Waals surface area contributed by atoms with Gasteiger partial charge >= 0.3 is 7.12 Å². The highest BCUT2D eigenvalue weighted by Crippen LogP contribution is 2.37. The average molecular weight is 1140 g/mol. The second-order valence-corrected chi connectivity index (χ2v) is 21.9. The van der Waals surface area contributed by atoms with Crippen LogP contribution in [0.5, 0.6) is 0 Å². The first-order valence-electron chi connectivity index (χ1n) is 24.7. The van der Waals surface area contributed by atoms with Crippen molar-refractivity contribution in [1.82, 2.24) is 57.8 Å². The zero-order valence-electron chi connectivity index (χ0n) is 45.9. The van der Waals surface area contributed by atoms with Crippen LogP contribution in [0.2, 0.25) is 0 Å². The van der Waals surface area contributed by atoms with Gasteiger partial charge in [-0.05, 0) is 96.6 Å². The maximum Gasteiger partial charge on any atom is 0.496 e. The minimum Gasteiger partial charge on any atom is -0.399 e. The van der Waals surface area contributed by atoms with Crippen molar-refractivity contribution in [3.05, 3.63) is 167 Å². The molecule has 9 aromatic rings. The molecule has 0 bridgehead atoms. The van der Waals surface area contributed by atoms with E-state index in [1.165, 1.54) is 32.2 Å². The molecule has 0 saturated carbocycles. The first-order valence-corrected chi connectivity index (χ1v) is 25.5. The summed E-state index contributed by atoms with van der Waals surface area (Å²) in [4.78, 5) is 67.0. The van der Waals surface area contributed by atoms with Crippen LogP contribution in [0.15, 0.2) is 128 Å². The quantitative estimate of drug-likeness (QED) is 0.0959. The average Bonchev–Trinajstić information content (AvgIpc) is 4.21. The van der Waals surface area contributed by atoms with Crippen LogP contribution < -0.4 is 43.7 Å². The van der Waals surface area contributed by atoms with Crippen molar-refractivity contribution in [3.8, 4) is 16.9 Å². The van der Waals surface area contributed by atoms with Gasteiger partial charge < -0.3 is 39.0 Å². The Morgan fingerprint density at radius 2 is 1.15 bits per heavy atom. The van der Waals surface area contributed by atoms with Gasteiger partial charge in [-0.15, -0.1) is 0 Å². The molecular formula is C54H60BBrFN15O7. The van der Waals surface area contributed by atoms with E-state index in [0.717, 1.165) is 20.2 Å². The zero-order chi connectivity index (χ0) is 57.5. The second-order valence-electron chi connectivity index (χ2n) is 21.0. The number of carbonyl (C=O) groups is 1. The largest absolute Gasteiger partial charge is 0.496 e. The van der Waals surface area contributed by atoms with E-state index in [9.17, 15) is 24.0 Å². The summed E-state index contributed by atoms with van der Waals surface area (Å²) in [6.07, 6.45) is 13.8. The van der Waals surface area contributed by atoms with E-state index in [2.05, 4.69) is 57.3 Å². The van der Waals surface area contributed by atoms with Gasteiger partial charge in [0.05, 0.1) is 28.3 Å². The van der Waals surface area contributed by atoms with Gasteiger partial charge in [0.2, 0.25) is 0 Å². The fourth-order valence-electron chi connectivity index (χ4n) is 8.32. The summed E-state index contributed by atoms with van der Waals surface area (Å²) in [6, 6.07) is 15.1. The summed E-state index contributed by atoms with van der Waals surface area (Å²) < 4.78 is 38.4. The van der Waals surface area contributed by atoms with E-state index >= 15 is 4.39 Å². The third kappa shape index (κ3) is 12.3. The SMILES string of the molecule is Cn1ccc(Nc2cc(-c3ccnc(-n4ncc5cc(C(C)(C)C)cc(F)c5c4=O)c3C=O)cn(C)c2=O)n1.Cn1ccc(Nc2cc(B3OC(C)(C)C(C)(C)O3)cn(C)c2=O)n1.Cn1ccc(Nc2cc(Br)cn(C)c2=O)n1. The van der Waals surface area contributed by atoms with Gasteiger partial charge in [0.15, 0.2) is 29.6 Å². The number of benzene rings is 1. The molecule has 22 nitrogen and oxygen atoms in total. The van der Waals surface area contributed by atoms with Crippen molar-refractivity contribution < 1.29 is 18.5 Å². The Labute approximate surface area is 461 Å². The molecule has 9 heterocycles. The van der Waals surface area contributed by atoms with Gasteiger partial charge in [0.25, 0.3) is 22.2 Å². The number of hydrogen-bond donors (Lipinski definition) is 3. The molecule has 0 aliphatic carbocycles. The Morgan fingerprint density at radius 3 is 1.65 bits per heavy atom. The van der Waals surface area contributed by atoms with Gasteiger partial charge in [0, 0.05) is 125 Å². The molecule has 79 heavy (non-hydrogen) atoms. The van der Waals surface area contributed by atoms with Crippen molar-refractivity contribution in [2.75, 3.05) is 16.0 Å². The number of hydrogen-bond acceptors (Lipinski definition) is 15. The lowest BCUT2D eigenvalue weighted by molar-refractivity contribution is 0.00578. The Balaban J connectivity index is 0.000000174. The van der Waals surface area contributed by atoms with Gasteiger partial charge in [-0.2, -0.15) is 25.1 Å². The number of aryl methyl sites for hydroxylation is 6. The van der Waals surface area contributed by atoms with Crippen LogP contribution in [0.25, 0.3) is 27.7 Å². The van der Waals surface area contributed by atoms with E-state index in [0.29, 0.717) is 51.6 Å². The van der Waals surface area contributed by atoms with Crippen molar-refractivity contribution >= 4 is 80.1 Å². The normalized spacial score (nSPS) is 13.6. The topological polar surface area (TPSA) is 239 Å². The number of nitrogens with one attached hydrogen (secondary N) is 3. The smallest absolute Gasteiger partial charge is 0.399 e. The number of anilines is 6. The molecule has 0 radical (unpaired) electrons. The molecule has 0 spiro atoms. The monoisotopic (exact) mass is 1140 g/mol. The lowest BCUT2D eigenvalue weighted by atomic mass is 9.80. The van der Waals surface area contributed by atoms with E-state index in [-0.39, 0.29) is 44.5 Å². The number of aldehydes is 1. The van der Waals surface area contributed by atoms with Gasteiger partial charge in [-0.1, -0.05) is 20.8 Å². The Morgan fingerprint density at radius 1 is 0.658 bits per heavy atom. The lowest BCUT2D eigenvalue weighted by Gasteiger charge is -2.32. The lowest BCUT2D eigenvalue weighted by Crippen LogP contribution is -2.41. The molecule has 8 aromatic heterocycles. The maximum atomic E-state index is 15.2. The van der Waals surface area contributed by atoms with Crippen molar-refractivity contribution in [1.29, 1.82) is 0 Å². The molecule has 25 heteroatoms. The molecule has 0 amide bonds. The highest BCUT2D eigenvalue weighted by Gasteiger charge is 2.52. The van der Waals surface area contributed by atoms with Crippen LogP contribution in [-0.2, 0) is 57.0 Å². The highest BCUT2D eigenvalue weighted by molar-refractivity contribution is 9.10. The summed E-state index contributed by atoms with van der Waals surface area (Å²) in [7, 11) is 9.88. The number of rotatable bonds is 10. The maximum absolute atomic E-state index is 15.2. The first kappa shape index (κ1) is 56.7. The summed E-state index contributed by atoms with van der Waals surface area (Å²) in [5.41, 5.74) is 1.20. The number of nitrogens with zero attached hydrogens (tertiary/aromatic N) is 12. The Hall–Kier alpha value is -8.55. The fraction of sp³-hybridized carbons (Fsp3) is 0.296. The van der Waals surface area contributed by atoms with Crippen molar-refractivity contribution in [2.45, 2.75) is 65.1 Å². The number of carbonyl (C=O) groups excluding carboxylic acids is 1. The van der Waals surface area contributed by atoms with E-state index < -0.39 is 29.7 Å². The molecule has 1 aliphatic heterocycles. The molecule has 1 aliphatic rings.